The molecule has 7 nitrogen and oxygen atoms in total. The summed E-state index contributed by atoms with van der Waals surface area (Å²) in [5.41, 5.74) is -1.31. The number of halogens is 1. The molecule has 0 radical (unpaired) electrons. The SMILES string of the molecule is CC#CC1(Cl)[C@@H](O)[C@@H]([C@@H](C)O)O[C@H]1n1ccc(=O)[nH]c1=O. The van der Waals surface area contributed by atoms with Crippen molar-refractivity contribution in [2.24, 2.45) is 0 Å². The molecule has 2 rings (SSSR count). The first kappa shape index (κ1) is 15.8. The van der Waals surface area contributed by atoms with Crippen molar-refractivity contribution in [1.29, 1.82) is 0 Å². The van der Waals surface area contributed by atoms with E-state index in [1.165, 1.54) is 20.0 Å². The maximum absolute atomic E-state index is 11.9. The molecule has 114 valence electrons. The molecule has 1 aromatic rings. The molecule has 3 N–H and O–H groups in total. The van der Waals surface area contributed by atoms with Crippen LogP contribution in [-0.2, 0) is 4.74 Å². The fourth-order valence-corrected chi connectivity index (χ4v) is 2.67. The van der Waals surface area contributed by atoms with Crippen molar-refractivity contribution in [1.82, 2.24) is 9.55 Å². The van der Waals surface area contributed by atoms with E-state index >= 15 is 0 Å². The molecule has 1 aromatic heterocycles. The molecule has 8 heteroatoms. The lowest BCUT2D eigenvalue weighted by Gasteiger charge is -2.25. The number of aliphatic hydroxyl groups is 2. The van der Waals surface area contributed by atoms with Gasteiger partial charge in [-0.1, -0.05) is 17.5 Å². The van der Waals surface area contributed by atoms with Crippen molar-refractivity contribution >= 4 is 11.6 Å². The van der Waals surface area contributed by atoms with Crippen LogP contribution in [0.1, 0.15) is 20.1 Å². The van der Waals surface area contributed by atoms with Crippen LogP contribution < -0.4 is 11.2 Å². The van der Waals surface area contributed by atoms with Crippen LogP contribution in [0.2, 0.25) is 0 Å². The number of alkyl halides is 1. The number of H-pyrrole nitrogens is 1. The van der Waals surface area contributed by atoms with Gasteiger partial charge in [-0.25, -0.2) is 4.79 Å². The van der Waals surface area contributed by atoms with E-state index in [2.05, 4.69) is 16.8 Å². The van der Waals surface area contributed by atoms with E-state index in [0.717, 1.165) is 10.6 Å². The Bertz CT molecular complexity index is 701. The number of nitrogens with one attached hydrogen (secondary N) is 1. The third-order valence-corrected chi connectivity index (χ3v) is 3.79. The minimum absolute atomic E-state index is 0.566. The zero-order valence-electron chi connectivity index (χ0n) is 11.4. The van der Waals surface area contributed by atoms with Crippen molar-refractivity contribution in [3.8, 4) is 11.8 Å². The molecule has 0 saturated carbocycles. The van der Waals surface area contributed by atoms with Crippen molar-refractivity contribution in [3.63, 3.8) is 0 Å². The molecule has 1 aliphatic rings. The second-order valence-corrected chi connectivity index (χ2v) is 5.42. The van der Waals surface area contributed by atoms with Gasteiger partial charge in [0.25, 0.3) is 5.56 Å². The van der Waals surface area contributed by atoms with Gasteiger partial charge in [0.1, 0.15) is 12.2 Å². The Morgan fingerprint density at radius 2 is 2.24 bits per heavy atom. The Balaban J connectivity index is 2.56. The van der Waals surface area contributed by atoms with Crippen molar-refractivity contribution in [2.45, 2.75) is 43.3 Å². The normalized spacial score (nSPS) is 33.3. The summed E-state index contributed by atoms with van der Waals surface area (Å²) in [5, 5.41) is 19.9. The lowest BCUT2D eigenvalue weighted by Crippen LogP contribution is -2.45. The summed E-state index contributed by atoms with van der Waals surface area (Å²) in [6.07, 6.45) is -3.27. The number of rotatable bonds is 2. The van der Waals surface area contributed by atoms with E-state index in [9.17, 15) is 19.8 Å². The molecular formula is C13H15ClN2O5. The summed E-state index contributed by atoms with van der Waals surface area (Å²) >= 11 is 6.36. The second-order valence-electron chi connectivity index (χ2n) is 4.80. The van der Waals surface area contributed by atoms with Gasteiger partial charge >= 0.3 is 5.69 Å². The summed E-state index contributed by atoms with van der Waals surface area (Å²) < 4.78 is 6.55. The monoisotopic (exact) mass is 314 g/mol. The van der Waals surface area contributed by atoms with E-state index in [1.807, 2.05) is 0 Å². The Morgan fingerprint density at radius 1 is 1.57 bits per heavy atom. The minimum Gasteiger partial charge on any atom is -0.391 e. The number of ether oxygens (including phenoxy) is 1. The summed E-state index contributed by atoms with van der Waals surface area (Å²) in [4.78, 5) is 23.5. The number of aromatic nitrogens is 2. The quantitative estimate of drug-likeness (QED) is 0.488. The highest BCUT2D eigenvalue weighted by Crippen LogP contribution is 2.43. The van der Waals surface area contributed by atoms with Crippen molar-refractivity contribution in [2.75, 3.05) is 0 Å². The molecule has 5 atom stereocenters. The van der Waals surface area contributed by atoms with Crippen molar-refractivity contribution in [3.05, 3.63) is 33.1 Å². The standard InChI is InChI=1S/C13H15ClN2O5/c1-3-5-13(14)10(19)9(7(2)17)21-11(13)16-6-4-8(18)15-12(16)20/h4,6-7,9-11,17,19H,1-2H3,(H,15,18,20)/t7-,9-,10+,11-,13?/m1/s1. The predicted octanol–water partition coefficient (Wildman–Crippen LogP) is -0.823. The van der Waals surface area contributed by atoms with Crippen LogP contribution in [0.4, 0.5) is 0 Å². The van der Waals surface area contributed by atoms with E-state index in [4.69, 9.17) is 16.3 Å². The third-order valence-electron chi connectivity index (χ3n) is 3.28. The first-order chi connectivity index (χ1) is 9.81. The van der Waals surface area contributed by atoms with E-state index in [1.54, 1.807) is 0 Å². The predicted molar refractivity (Wildman–Crippen MR) is 75.0 cm³/mol. The maximum atomic E-state index is 11.9. The third kappa shape index (κ3) is 2.63. The Kier molecular flexibility index (Phi) is 4.25. The molecule has 1 fully saturated rings. The minimum atomic E-state index is -1.61. The van der Waals surface area contributed by atoms with Crippen LogP contribution in [0.3, 0.4) is 0 Å². The van der Waals surface area contributed by atoms with Gasteiger partial charge < -0.3 is 14.9 Å². The number of hydrogen-bond acceptors (Lipinski definition) is 5. The van der Waals surface area contributed by atoms with Gasteiger partial charge in [0.2, 0.25) is 0 Å². The van der Waals surface area contributed by atoms with Gasteiger partial charge in [0.15, 0.2) is 11.1 Å². The molecular weight excluding hydrogens is 300 g/mol. The average Bonchev–Trinajstić information content (AvgIpc) is 2.64. The molecule has 2 heterocycles. The molecule has 1 unspecified atom stereocenters. The topological polar surface area (TPSA) is 105 Å². The first-order valence-corrected chi connectivity index (χ1v) is 6.65. The van der Waals surface area contributed by atoms with Crippen LogP contribution in [0.5, 0.6) is 0 Å². The average molecular weight is 315 g/mol. The Hall–Kier alpha value is -1.59. The number of nitrogens with zero attached hydrogens (tertiary/aromatic N) is 1. The van der Waals surface area contributed by atoms with Crippen LogP contribution in [-0.4, -0.2) is 43.0 Å². The molecule has 0 amide bonds. The Morgan fingerprint density at radius 3 is 2.76 bits per heavy atom. The largest absolute Gasteiger partial charge is 0.391 e. The summed E-state index contributed by atoms with van der Waals surface area (Å²) in [6, 6.07) is 1.13. The van der Waals surface area contributed by atoms with Crippen LogP contribution >= 0.6 is 11.6 Å². The highest BCUT2D eigenvalue weighted by Gasteiger charge is 2.57. The smallest absolute Gasteiger partial charge is 0.330 e. The number of hydrogen-bond donors (Lipinski definition) is 3. The maximum Gasteiger partial charge on any atom is 0.330 e. The van der Waals surface area contributed by atoms with Crippen LogP contribution in [0.25, 0.3) is 0 Å². The van der Waals surface area contributed by atoms with Gasteiger partial charge in [0.05, 0.1) is 6.10 Å². The van der Waals surface area contributed by atoms with E-state index in [0.29, 0.717) is 0 Å². The van der Waals surface area contributed by atoms with Crippen LogP contribution in [0, 0.1) is 11.8 Å². The van der Waals surface area contributed by atoms with Gasteiger partial charge in [-0.2, -0.15) is 0 Å². The molecule has 0 aliphatic carbocycles. The summed E-state index contributed by atoms with van der Waals surface area (Å²) in [7, 11) is 0. The number of aromatic amines is 1. The summed E-state index contributed by atoms with van der Waals surface area (Å²) in [6.45, 7) is 2.96. The van der Waals surface area contributed by atoms with Gasteiger partial charge in [-0.15, -0.1) is 5.92 Å². The Labute approximate surface area is 125 Å². The fraction of sp³-hybridized carbons (Fsp3) is 0.538. The van der Waals surface area contributed by atoms with Gasteiger partial charge in [0, 0.05) is 12.3 Å². The fourth-order valence-electron chi connectivity index (χ4n) is 2.29. The lowest BCUT2D eigenvalue weighted by atomic mass is 9.96. The highest BCUT2D eigenvalue weighted by atomic mass is 35.5. The second kappa shape index (κ2) is 5.66. The van der Waals surface area contributed by atoms with Crippen LogP contribution in [0.15, 0.2) is 21.9 Å². The molecule has 21 heavy (non-hydrogen) atoms. The van der Waals surface area contributed by atoms with E-state index in [-0.39, 0.29) is 0 Å². The van der Waals surface area contributed by atoms with Crippen molar-refractivity contribution < 1.29 is 14.9 Å². The highest BCUT2D eigenvalue weighted by molar-refractivity contribution is 6.27. The first-order valence-electron chi connectivity index (χ1n) is 6.27. The molecule has 0 bridgehead atoms. The van der Waals surface area contributed by atoms with E-state index < -0.39 is 40.7 Å². The zero-order chi connectivity index (χ0) is 15.8. The van der Waals surface area contributed by atoms with Gasteiger partial charge in [-0.3, -0.25) is 14.3 Å². The zero-order valence-corrected chi connectivity index (χ0v) is 12.2. The lowest BCUT2D eigenvalue weighted by molar-refractivity contribution is -0.0773. The number of aliphatic hydroxyl groups excluding tert-OH is 2. The molecule has 0 spiro atoms. The molecule has 1 aliphatic heterocycles. The summed E-state index contributed by atoms with van der Waals surface area (Å²) in [5.74, 6) is 5.20. The molecule has 0 aromatic carbocycles. The van der Waals surface area contributed by atoms with Gasteiger partial charge in [-0.05, 0) is 13.8 Å². The molecule has 1 saturated heterocycles.